The van der Waals surface area contributed by atoms with E-state index in [4.69, 9.17) is 18.9 Å². The first kappa shape index (κ1) is 24.2. The van der Waals surface area contributed by atoms with Gasteiger partial charge in [0, 0.05) is 42.0 Å². The van der Waals surface area contributed by atoms with Crippen molar-refractivity contribution >= 4 is 40.8 Å². The highest BCUT2D eigenvalue weighted by Gasteiger charge is 2.48. The van der Waals surface area contributed by atoms with E-state index < -0.39 is 11.8 Å². The number of fused-ring (bicyclic) bond motifs is 1. The molecule has 1 unspecified atom stereocenters. The van der Waals surface area contributed by atoms with Gasteiger partial charge in [-0.3, -0.25) is 19.9 Å². The summed E-state index contributed by atoms with van der Waals surface area (Å²) in [6.07, 6.45) is 3.96. The van der Waals surface area contributed by atoms with Gasteiger partial charge in [0.2, 0.25) is 6.79 Å². The summed E-state index contributed by atoms with van der Waals surface area (Å²) in [6, 6.07) is 11.0. The molecule has 4 heterocycles. The number of amides is 3. The number of aliphatic imine (C=N–C) groups is 1. The van der Waals surface area contributed by atoms with Crippen LogP contribution in [0.3, 0.4) is 0 Å². The molecule has 0 aliphatic carbocycles. The summed E-state index contributed by atoms with van der Waals surface area (Å²) in [6.45, 7) is 1.55. The molecular formula is C28H26N3O7+. The summed E-state index contributed by atoms with van der Waals surface area (Å²) in [7, 11) is 1.58. The summed E-state index contributed by atoms with van der Waals surface area (Å²) < 4.78 is 21.8. The Kier molecular flexibility index (Phi) is 6.15. The van der Waals surface area contributed by atoms with Crippen molar-refractivity contribution in [1.29, 1.82) is 0 Å². The van der Waals surface area contributed by atoms with Crippen LogP contribution in [0.1, 0.15) is 16.7 Å². The molecule has 38 heavy (non-hydrogen) atoms. The van der Waals surface area contributed by atoms with Crippen molar-refractivity contribution in [3.05, 3.63) is 64.9 Å². The number of rotatable bonds is 7. The van der Waals surface area contributed by atoms with E-state index in [-0.39, 0.29) is 34.9 Å². The monoisotopic (exact) mass is 516 g/mol. The predicted molar refractivity (Wildman–Crippen MR) is 138 cm³/mol. The zero-order chi connectivity index (χ0) is 26.3. The van der Waals surface area contributed by atoms with E-state index in [0.29, 0.717) is 60.9 Å². The summed E-state index contributed by atoms with van der Waals surface area (Å²) in [5.41, 5.74) is 3.79. The standard InChI is InChI=1S/C28H25N3O7/c1-35-12-13-36-15-22(32)31-10-8-17-4-2-5-18(25(17)31)20(14-29-9-11-31)24-23(27(33)30-28(24)34)19-6-3-7-21-26(19)38-16-37-21/h2-7,9,14H,8,10-13,15-16H2,1H3/p+1. The zero-order valence-electron chi connectivity index (χ0n) is 20.8. The molecule has 1 N–H and O–H groups in total. The Morgan fingerprint density at radius 2 is 1.87 bits per heavy atom. The van der Waals surface area contributed by atoms with Gasteiger partial charge in [0.25, 0.3) is 11.8 Å². The van der Waals surface area contributed by atoms with Crippen LogP contribution in [-0.2, 0) is 30.3 Å². The van der Waals surface area contributed by atoms with Gasteiger partial charge < -0.3 is 18.9 Å². The lowest BCUT2D eigenvalue weighted by Crippen LogP contribution is -2.56. The second-order valence-electron chi connectivity index (χ2n) is 9.32. The van der Waals surface area contributed by atoms with Crippen LogP contribution in [0.2, 0.25) is 0 Å². The lowest BCUT2D eigenvalue weighted by molar-refractivity contribution is -0.134. The maximum absolute atomic E-state index is 13.7. The fraction of sp³-hybridized carbons (Fsp3) is 0.286. The molecule has 0 saturated carbocycles. The van der Waals surface area contributed by atoms with Crippen molar-refractivity contribution in [2.75, 3.05) is 46.8 Å². The number of nitrogens with one attached hydrogen (secondary N) is 1. The summed E-state index contributed by atoms with van der Waals surface area (Å²) >= 11 is 0. The van der Waals surface area contributed by atoms with E-state index in [9.17, 15) is 14.4 Å². The van der Waals surface area contributed by atoms with Gasteiger partial charge >= 0.3 is 5.91 Å². The highest BCUT2D eigenvalue weighted by Crippen LogP contribution is 2.47. The normalized spacial score (nSPS) is 21.2. The van der Waals surface area contributed by atoms with E-state index in [1.165, 1.54) is 0 Å². The lowest BCUT2D eigenvalue weighted by Gasteiger charge is -2.33. The number of quaternary nitrogens is 1. The van der Waals surface area contributed by atoms with Crippen LogP contribution in [0.15, 0.2) is 53.2 Å². The molecule has 6 rings (SSSR count). The van der Waals surface area contributed by atoms with Crippen LogP contribution in [0.5, 0.6) is 11.5 Å². The quantitative estimate of drug-likeness (QED) is 0.340. The number of carbonyl (C=O) groups excluding carboxylic acids is 3. The highest BCUT2D eigenvalue weighted by molar-refractivity contribution is 6.41. The molecular weight excluding hydrogens is 490 g/mol. The molecule has 0 saturated heterocycles. The largest absolute Gasteiger partial charge is 0.454 e. The summed E-state index contributed by atoms with van der Waals surface area (Å²) in [5, 5.41) is 2.44. The van der Waals surface area contributed by atoms with E-state index in [1.807, 2.05) is 18.2 Å². The average Bonchev–Trinajstić information content (AvgIpc) is 3.61. The van der Waals surface area contributed by atoms with E-state index in [0.717, 1.165) is 11.3 Å². The van der Waals surface area contributed by atoms with Gasteiger partial charge in [-0.15, -0.1) is 0 Å². The van der Waals surface area contributed by atoms with Crippen LogP contribution in [0.25, 0.3) is 11.1 Å². The Balaban J connectivity index is 1.51. The molecule has 0 fully saturated rings. The maximum Gasteiger partial charge on any atom is 0.344 e. The van der Waals surface area contributed by atoms with Gasteiger partial charge in [-0.25, -0.2) is 9.28 Å². The molecule has 3 amide bonds. The van der Waals surface area contributed by atoms with Crippen molar-refractivity contribution in [1.82, 2.24) is 9.80 Å². The minimum atomic E-state index is -0.536. The van der Waals surface area contributed by atoms with Crippen LogP contribution in [0.4, 0.5) is 5.69 Å². The van der Waals surface area contributed by atoms with Crippen LogP contribution >= 0.6 is 0 Å². The number of ether oxygens (including phenoxy) is 4. The smallest absolute Gasteiger partial charge is 0.344 e. The number of imide groups is 1. The fourth-order valence-electron chi connectivity index (χ4n) is 5.58. The van der Waals surface area contributed by atoms with Crippen LogP contribution < -0.4 is 19.3 Å². The molecule has 4 aliphatic rings. The van der Waals surface area contributed by atoms with E-state index >= 15 is 0 Å². The summed E-state index contributed by atoms with van der Waals surface area (Å²) in [4.78, 5) is 44.6. The van der Waals surface area contributed by atoms with Gasteiger partial charge in [-0.1, -0.05) is 24.3 Å². The third-order valence-corrected chi connectivity index (χ3v) is 7.30. The Labute approximate surface area is 218 Å². The van der Waals surface area contributed by atoms with Crippen molar-refractivity contribution in [2.45, 2.75) is 6.42 Å². The van der Waals surface area contributed by atoms with Gasteiger partial charge in [-0.2, -0.15) is 0 Å². The molecule has 10 heteroatoms. The number of benzene rings is 2. The lowest BCUT2D eigenvalue weighted by atomic mass is 9.89. The van der Waals surface area contributed by atoms with Crippen molar-refractivity contribution in [2.24, 2.45) is 4.99 Å². The number of hydrogen-bond acceptors (Lipinski definition) is 8. The first-order valence-electron chi connectivity index (χ1n) is 12.4. The molecule has 0 radical (unpaired) electrons. The third kappa shape index (κ3) is 3.76. The molecule has 10 nitrogen and oxygen atoms in total. The van der Waals surface area contributed by atoms with Crippen LogP contribution in [-0.4, -0.2) is 70.7 Å². The second kappa shape index (κ2) is 9.64. The molecule has 2 aromatic carbocycles. The minimum absolute atomic E-state index is 0.0230. The Morgan fingerprint density at radius 3 is 2.74 bits per heavy atom. The first-order valence-corrected chi connectivity index (χ1v) is 12.4. The number of hydrogen-bond donors (Lipinski definition) is 1. The molecule has 4 aliphatic heterocycles. The third-order valence-electron chi connectivity index (χ3n) is 7.30. The van der Waals surface area contributed by atoms with Gasteiger partial charge in [0.15, 0.2) is 23.8 Å². The average molecular weight is 517 g/mol. The highest BCUT2D eigenvalue weighted by atomic mass is 16.7. The van der Waals surface area contributed by atoms with Crippen molar-refractivity contribution < 1.29 is 33.3 Å². The van der Waals surface area contributed by atoms with E-state index in [1.54, 1.807) is 37.7 Å². The van der Waals surface area contributed by atoms with Crippen molar-refractivity contribution in [3.8, 4) is 11.5 Å². The topological polar surface area (TPSA) is 113 Å². The molecule has 1 atom stereocenters. The summed E-state index contributed by atoms with van der Waals surface area (Å²) in [5.74, 6) is -0.260. The fourth-order valence-corrected chi connectivity index (χ4v) is 5.58. The van der Waals surface area contributed by atoms with Crippen molar-refractivity contribution in [3.63, 3.8) is 0 Å². The van der Waals surface area contributed by atoms with Gasteiger partial charge in [0.1, 0.15) is 6.54 Å². The first-order chi connectivity index (χ1) is 18.5. The molecule has 2 aromatic rings. The Morgan fingerprint density at radius 1 is 1.05 bits per heavy atom. The molecule has 0 spiro atoms. The number of carbonyl (C=O) groups is 3. The SMILES string of the molecule is COCCOCC(=O)[N+]12CC=NC=C(C3=C(c4cccc5c4OCO5)C(=O)NC3=O)c3cccc(c31)CC2. The van der Waals surface area contributed by atoms with Gasteiger partial charge in [-0.05, 0) is 12.1 Å². The molecule has 194 valence electrons. The number of nitrogens with zero attached hydrogens (tertiary/aromatic N) is 2. The van der Waals surface area contributed by atoms with E-state index in [2.05, 4.69) is 10.3 Å². The minimum Gasteiger partial charge on any atom is -0.454 e. The zero-order valence-corrected chi connectivity index (χ0v) is 20.8. The number of para-hydroxylation sites is 2. The van der Waals surface area contributed by atoms with Gasteiger partial charge in [0.05, 0.1) is 37.1 Å². The number of methoxy groups -OCH3 is 1. The Bertz CT molecular complexity index is 1460. The predicted octanol–water partition coefficient (Wildman–Crippen LogP) is 2.00. The molecule has 0 bridgehead atoms. The molecule has 0 aromatic heterocycles. The second-order valence-corrected chi connectivity index (χ2v) is 9.32. The maximum atomic E-state index is 13.7. The van der Waals surface area contributed by atoms with Crippen LogP contribution in [0, 0.1) is 0 Å². The Hall–Kier alpha value is -4.12.